The van der Waals surface area contributed by atoms with Crippen LogP contribution in [0.2, 0.25) is 5.02 Å². The smallest absolute Gasteiger partial charge is 0.139 e. The van der Waals surface area contributed by atoms with Crippen LogP contribution in [0.3, 0.4) is 0 Å². The molecule has 0 saturated carbocycles. The molecule has 2 aromatic heterocycles. The number of pyridine rings is 1. The summed E-state index contributed by atoms with van der Waals surface area (Å²) in [6, 6.07) is 11.1. The summed E-state index contributed by atoms with van der Waals surface area (Å²) in [6.45, 7) is 0.237. The summed E-state index contributed by atoms with van der Waals surface area (Å²) < 4.78 is 0. The number of benzene rings is 1. The molecule has 3 heterocycles. The standard InChI is InChI=1S/C18H13ClN4OS/c19-13-6-2-1-5-12(13)14-10-25-18(22-14)16-15(24)9-23(17(16)20)11-4-3-7-21-8-11/h1-8,10,20,24H,9H2. The van der Waals surface area contributed by atoms with Gasteiger partial charge in [0.05, 0.1) is 29.7 Å². The first kappa shape index (κ1) is 15.8. The van der Waals surface area contributed by atoms with E-state index in [-0.39, 0.29) is 18.1 Å². The van der Waals surface area contributed by atoms with Gasteiger partial charge in [0.25, 0.3) is 0 Å². The maximum atomic E-state index is 10.4. The molecule has 0 atom stereocenters. The van der Waals surface area contributed by atoms with Crippen molar-refractivity contribution in [3.63, 3.8) is 0 Å². The molecular formula is C18H13ClN4OS. The number of aliphatic hydroxyl groups excluding tert-OH is 1. The van der Waals surface area contributed by atoms with E-state index < -0.39 is 0 Å². The zero-order valence-corrected chi connectivity index (χ0v) is 14.6. The van der Waals surface area contributed by atoms with Gasteiger partial charge in [0, 0.05) is 22.2 Å². The number of halogens is 1. The number of amidine groups is 1. The number of aliphatic hydroxyl groups is 1. The maximum Gasteiger partial charge on any atom is 0.139 e. The Morgan fingerprint density at radius 1 is 1.20 bits per heavy atom. The van der Waals surface area contributed by atoms with Crippen molar-refractivity contribution in [3.8, 4) is 11.3 Å². The molecule has 7 heteroatoms. The summed E-state index contributed by atoms with van der Waals surface area (Å²) in [5, 5.41) is 21.9. The number of nitrogens with one attached hydrogen (secondary N) is 1. The van der Waals surface area contributed by atoms with Crippen molar-refractivity contribution in [2.75, 3.05) is 11.4 Å². The fourth-order valence-electron chi connectivity index (χ4n) is 2.72. The van der Waals surface area contributed by atoms with Gasteiger partial charge >= 0.3 is 0 Å². The Morgan fingerprint density at radius 2 is 2.04 bits per heavy atom. The number of aromatic nitrogens is 2. The normalized spacial score (nSPS) is 14.4. The Labute approximate surface area is 153 Å². The highest BCUT2D eigenvalue weighted by Gasteiger charge is 2.31. The van der Waals surface area contributed by atoms with Crippen molar-refractivity contribution >= 4 is 40.0 Å². The van der Waals surface area contributed by atoms with Gasteiger partial charge in [-0.3, -0.25) is 10.4 Å². The predicted octanol–water partition coefficient (Wildman–Crippen LogP) is 4.63. The highest BCUT2D eigenvalue weighted by molar-refractivity contribution is 7.11. The van der Waals surface area contributed by atoms with Crippen LogP contribution in [0.15, 0.2) is 59.9 Å². The number of nitrogens with zero attached hydrogens (tertiary/aromatic N) is 3. The molecular weight excluding hydrogens is 356 g/mol. The van der Waals surface area contributed by atoms with Crippen LogP contribution in [-0.2, 0) is 0 Å². The first-order chi connectivity index (χ1) is 12.1. The number of thiazole rings is 1. The highest BCUT2D eigenvalue weighted by atomic mass is 35.5. The van der Waals surface area contributed by atoms with Gasteiger partial charge in [0.15, 0.2) is 0 Å². The van der Waals surface area contributed by atoms with Crippen molar-refractivity contribution in [2.24, 2.45) is 0 Å². The minimum absolute atomic E-state index is 0.133. The van der Waals surface area contributed by atoms with Crippen LogP contribution in [0.4, 0.5) is 5.69 Å². The second kappa shape index (κ2) is 6.31. The van der Waals surface area contributed by atoms with Gasteiger partial charge in [0.1, 0.15) is 16.6 Å². The van der Waals surface area contributed by atoms with Crippen molar-refractivity contribution in [1.82, 2.24) is 9.97 Å². The summed E-state index contributed by atoms with van der Waals surface area (Å²) in [5.41, 5.74) is 2.78. The average Bonchev–Trinajstić information content (AvgIpc) is 3.20. The minimum atomic E-state index is 0.133. The summed E-state index contributed by atoms with van der Waals surface area (Å²) in [6.07, 6.45) is 3.34. The van der Waals surface area contributed by atoms with E-state index in [1.807, 2.05) is 35.7 Å². The summed E-state index contributed by atoms with van der Waals surface area (Å²) in [4.78, 5) is 10.4. The summed E-state index contributed by atoms with van der Waals surface area (Å²) in [7, 11) is 0. The minimum Gasteiger partial charge on any atom is -0.510 e. The first-order valence-corrected chi connectivity index (χ1v) is 8.80. The zero-order valence-electron chi connectivity index (χ0n) is 13.0. The van der Waals surface area contributed by atoms with Crippen LogP contribution in [0, 0.1) is 5.41 Å². The largest absolute Gasteiger partial charge is 0.510 e. The Hall–Kier alpha value is -2.70. The van der Waals surface area contributed by atoms with Crippen LogP contribution in [0.1, 0.15) is 5.01 Å². The first-order valence-electron chi connectivity index (χ1n) is 7.54. The molecule has 5 nitrogen and oxygen atoms in total. The molecule has 1 aliphatic heterocycles. The number of hydrogen-bond acceptors (Lipinski definition) is 5. The second-order valence-corrected chi connectivity index (χ2v) is 6.75. The van der Waals surface area contributed by atoms with E-state index in [0.717, 1.165) is 16.9 Å². The van der Waals surface area contributed by atoms with Crippen LogP contribution in [0.5, 0.6) is 0 Å². The molecule has 0 amide bonds. The maximum absolute atomic E-state index is 10.4. The van der Waals surface area contributed by atoms with Gasteiger partial charge in [0.2, 0.25) is 0 Å². The third-order valence-electron chi connectivity index (χ3n) is 3.93. The Balaban J connectivity index is 1.68. The van der Waals surface area contributed by atoms with Crippen LogP contribution in [0.25, 0.3) is 16.8 Å². The summed E-state index contributed by atoms with van der Waals surface area (Å²) >= 11 is 7.62. The SMILES string of the molecule is N=C1C(c2nc(-c3ccccc3Cl)cs2)=C(O)CN1c1cccnc1. The lowest BCUT2D eigenvalue weighted by Gasteiger charge is -2.17. The van der Waals surface area contributed by atoms with E-state index >= 15 is 0 Å². The lowest BCUT2D eigenvalue weighted by molar-refractivity contribution is 0.411. The van der Waals surface area contributed by atoms with Crippen molar-refractivity contribution < 1.29 is 5.11 Å². The van der Waals surface area contributed by atoms with Crippen molar-refractivity contribution in [3.05, 3.63) is 70.0 Å². The molecule has 0 bridgehead atoms. The van der Waals surface area contributed by atoms with Gasteiger partial charge < -0.3 is 10.0 Å². The van der Waals surface area contributed by atoms with Crippen LogP contribution in [-0.4, -0.2) is 27.5 Å². The average molecular weight is 369 g/mol. The van der Waals surface area contributed by atoms with E-state index in [1.54, 1.807) is 23.4 Å². The molecule has 0 aliphatic carbocycles. The van der Waals surface area contributed by atoms with Gasteiger partial charge in [-0.25, -0.2) is 4.98 Å². The predicted molar refractivity (Wildman–Crippen MR) is 101 cm³/mol. The molecule has 1 aromatic carbocycles. The third kappa shape index (κ3) is 2.79. The van der Waals surface area contributed by atoms with Crippen molar-refractivity contribution in [2.45, 2.75) is 0 Å². The fraction of sp³-hybridized carbons (Fsp3) is 0.0556. The highest BCUT2D eigenvalue weighted by Crippen LogP contribution is 2.35. The van der Waals surface area contributed by atoms with E-state index in [2.05, 4.69) is 9.97 Å². The number of anilines is 1. The third-order valence-corrected chi connectivity index (χ3v) is 5.12. The lowest BCUT2D eigenvalue weighted by atomic mass is 10.2. The van der Waals surface area contributed by atoms with Gasteiger partial charge in [-0.05, 0) is 18.2 Å². The van der Waals surface area contributed by atoms with Crippen LogP contribution >= 0.6 is 22.9 Å². The molecule has 0 radical (unpaired) electrons. The second-order valence-electron chi connectivity index (χ2n) is 5.49. The van der Waals surface area contributed by atoms with E-state index in [1.165, 1.54) is 11.3 Å². The number of hydrogen-bond donors (Lipinski definition) is 2. The monoisotopic (exact) mass is 368 g/mol. The lowest BCUT2D eigenvalue weighted by Crippen LogP contribution is -2.26. The Kier molecular flexibility index (Phi) is 3.99. The molecule has 0 saturated heterocycles. The molecule has 4 rings (SSSR count). The molecule has 2 N–H and O–H groups in total. The van der Waals surface area contributed by atoms with E-state index in [4.69, 9.17) is 17.0 Å². The van der Waals surface area contributed by atoms with Gasteiger partial charge in [-0.1, -0.05) is 29.8 Å². The molecule has 3 aromatic rings. The quantitative estimate of drug-likeness (QED) is 0.707. The number of rotatable bonds is 3. The fourth-order valence-corrected chi connectivity index (χ4v) is 3.84. The van der Waals surface area contributed by atoms with Gasteiger partial charge in [-0.15, -0.1) is 11.3 Å². The van der Waals surface area contributed by atoms with Crippen molar-refractivity contribution in [1.29, 1.82) is 5.41 Å². The molecule has 25 heavy (non-hydrogen) atoms. The summed E-state index contributed by atoms with van der Waals surface area (Å²) in [5.74, 6) is 0.347. The Bertz CT molecular complexity index is 984. The Morgan fingerprint density at radius 3 is 2.80 bits per heavy atom. The zero-order chi connectivity index (χ0) is 17.4. The molecule has 124 valence electrons. The molecule has 1 aliphatic rings. The topological polar surface area (TPSA) is 73.1 Å². The van der Waals surface area contributed by atoms with Gasteiger partial charge in [-0.2, -0.15) is 0 Å². The van der Waals surface area contributed by atoms with Crippen LogP contribution < -0.4 is 4.90 Å². The van der Waals surface area contributed by atoms with E-state index in [0.29, 0.717) is 15.6 Å². The van der Waals surface area contributed by atoms with E-state index in [9.17, 15) is 5.11 Å². The molecule has 0 fully saturated rings. The molecule has 0 unspecified atom stereocenters. The molecule has 0 spiro atoms.